The number of unbranched alkanes of at least 4 members (excludes halogenated alkanes) is 2. The highest BCUT2D eigenvalue weighted by molar-refractivity contribution is 5.80. The van der Waals surface area contributed by atoms with E-state index in [9.17, 15) is 4.79 Å². The molecule has 2 heteroatoms. The summed E-state index contributed by atoms with van der Waals surface area (Å²) in [5, 5.41) is 0.819. The van der Waals surface area contributed by atoms with Crippen molar-refractivity contribution in [2.75, 3.05) is 0 Å². The van der Waals surface area contributed by atoms with Gasteiger partial charge < -0.3 is 4.98 Å². The van der Waals surface area contributed by atoms with E-state index in [2.05, 4.69) is 50.9 Å². The molecule has 1 N–H and O–H groups in total. The van der Waals surface area contributed by atoms with Gasteiger partial charge >= 0.3 is 0 Å². The summed E-state index contributed by atoms with van der Waals surface area (Å²) in [6.45, 7) is 10.7. The molecule has 0 aliphatic heterocycles. The van der Waals surface area contributed by atoms with Gasteiger partial charge in [-0.1, -0.05) is 46.6 Å². The van der Waals surface area contributed by atoms with Crippen molar-refractivity contribution in [3.05, 3.63) is 45.2 Å². The fourth-order valence-electron chi connectivity index (χ4n) is 2.70. The number of H-pyrrole nitrogens is 1. The maximum absolute atomic E-state index is 12.6. The number of fused-ring (bicyclic) bond motifs is 1. The van der Waals surface area contributed by atoms with Crippen LogP contribution >= 0.6 is 0 Å². The molecule has 0 saturated heterocycles. The lowest BCUT2D eigenvalue weighted by molar-refractivity contribution is 0.591. The zero-order valence-electron chi connectivity index (χ0n) is 14.0. The zero-order valence-corrected chi connectivity index (χ0v) is 14.0. The fraction of sp³-hybridized carbons (Fsp3) is 0.526. The van der Waals surface area contributed by atoms with Gasteiger partial charge in [0.25, 0.3) is 0 Å². The van der Waals surface area contributed by atoms with E-state index in [1.165, 1.54) is 18.4 Å². The average Bonchev–Trinajstić information content (AvgIpc) is 2.43. The zero-order chi connectivity index (χ0) is 15.6. The molecule has 21 heavy (non-hydrogen) atoms. The number of aromatic amines is 1. The summed E-state index contributed by atoms with van der Waals surface area (Å²) in [5.74, 6) is 0. The summed E-state index contributed by atoms with van der Waals surface area (Å²) >= 11 is 0. The Labute approximate surface area is 127 Å². The minimum Gasteiger partial charge on any atom is -0.358 e. The first-order valence-electron chi connectivity index (χ1n) is 8.00. The Balaban J connectivity index is 2.50. The molecule has 0 spiro atoms. The lowest BCUT2D eigenvalue weighted by atomic mass is 9.86. The van der Waals surface area contributed by atoms with E-state index in [4.69, 9.17) is 0 Å². The quantitative estimate of drug-likeness (QED) is 0.799. The van der Waals surface area contributed by atoms with Crippen LogP contribution in [0.25, 0.3) is 10.9 Å². The Kier molecular flexibility index (Phi) is 4.55. The van der Waals surface area contributed by atoms with Crippen LogP contribution in [-0.2, 0) is 11.8 Å². The van der Waals surface area contributed by atoms with Gasteiger partial charge in [0.2, 0.25) is 0 Å². The van der Waals surface area contributed by atoms with Gasteiger partial charge in [0.05, 0.1) is 0 Å². The third-order valence-corrected chi connectivity index (χ3v) is 4.24. The monoisotopic (exact) mass is 285 g/mol. The summed E-state index contributed by atoms with van der Waals surface area (Å²) in [5.41, 5.74) is 4.40. The Bertz CT molecular complexity index is 689. The fourth-order valence-corrected chi connectivity index (χ4v) is 2.70. The Morgan fingerprint density at radius 1 is 1.14 bits per heavy atom. The highest BCUT2D eigenvalue weighted by Gasteiger charge is 2.16. The van der Waals surface area contributed by atoms with Gasteiger partial charge in [0, 0.05) is 22.2 Å². The maximum atomic E-state index is 12.6. The number of hydrogen-bond acceptors (Lipinski definition) is 1. The lowest BCUT2D eigenvalue weighted by Crippen LogP contribution is -2.15. The van der Waals surface area contributed by atoms with E-state index < -0.39 is 0 Å². The number of benzene rings is 1. The molecule has 0 aliphatic carbocycles. The predicted octanol–water partition coefficient (Wildman–Crippen LogP) is 4.87. The maximum Gasteiger partial charge on any atom is 0.192 e. The first-order valence-corrected chi connectivity index (χ1v) is 8.00. The second-order valence-electron chi connectivity index (χ2n) is 7.03. The van der Waals surface area contributed by atoms with Crippen molar-refractivity contribution < 1.29 is 0 Å². The van der Waals surface area contributed by atoms with E-state index in [1.807, 2.05) is 6.92 Å². The molecule has 0 atom stereocenters. The molecular weight excluding hydrogens is 258 g/mol. The van der Waals surface area contributed by atoms with Crippen molar-refractivity contribution in [2.24, 2.45) is 0 Å². The molecular formula is C19H27NO. The van der Waals surface area contributed by atoms with Crippen LogP contribution in [0.1, 0.15) is 63.8 Å². The van der Waals surface area contributed by atoms with Gasteiger partial charge in [-0.25, -0.2) is 0 Å². The van der Waals surface area contributed by atoms with Crippen molar-refractivity contribution in [1.82, 2.24) is 4.98 Å². The molecule has 0 unspecified atom stereocenters. The predicted molar refractivity (Wildman–Crippen MR) is 91.2 cm³/mol. The van der Waals surface area contributed by atoms with Crippen molar-refractivity contribution >= 4 is 10.9 Å². The normalized spacial score (nSPS) is 12.0. The SMILES string of the molecule is CCCCCc1[nH]c2ccc(C(C)(C)C)cc2c(=O)c1C. The van der Waals surface area contributed by atoms with Crippen LogP contribution in [0.5, 0.6) is 0 Å². The molecule has 1 aromatic carbocycles. The van der Waals surface area contributed by atoms with Gasteiger partial charge in [-0.05, 0) is 42.9 Å². The molecule has 2 aromatic rings. The first kappa shape index (κ1) is 15.8. The lowest BCUT2D eigenvalue weighted by Gasteiger charge is -2.19. The standard InChI is InChI=1S/C19H27NO/c1-6-7-8-9-16-13(2)18(21)15-12-14(19(3,4)5)10-11-17(15)20-16/h10-12H,6-9H2,1-5H3,(H,20,21). The van der Waals surface area contributed by atoms with Crippen LogP contribution in [-0.4, -0.2) is 4.98 Å². The first-order chi connectivity index (χ1) is 9.84. The number of aryl methyl sites for hydroxylation is 1. The minimum atomic E-state index is 0.0638. The number of pyridine rings is 1. The number of nitrogens with one attached hydrogen (secondary N) is 1. The summed E-state index contributed by atoms with van der Waals surface area (Å²) in [6, 6.07) is 6.24. The van der Waals surface area contributed by atoms with Crippen LogP contribution in [0.4, 0.5) is 0 Å². The molecule has 2 nitrogen and oxygen atoms in total. The smallest absolute Gasteiger partial charge is 0.192 e. The summed E-state index contributed by atoms with van der Waals surface area (Å²) in [4.78, 5) is 16.1. The molecule has 1 aromatic heterocycles. The van der Waals surface area contributed by atoms with E-state index >= 15 is 0 Å². The average molecular weight is 285 g/mol. The number of rotatable bonds is 4. The van der Waals surface area contributed by atoms with E-state index in [-0.39, 0.29) is 10.8 Å². The van der Waals surface area contributed by atoms with E-state index in [0.717, 1.165) is 35.0 Å². The van der Waals surface area contributed by atoms with Crippen molar-refractivity contribution in [2.45, 2.75) is 65.7 Å². The summed E-state index contributed by atoms with van der Waals surface area (Å²) in [6.07, 6.45) is 4.51. The van der Waals surface area contributed by atoms with Crippen molar-refractivity contribution in [3.63, 3.8) is 0 Å². The molecule has 0 amide bonds. The molecule has 0 aliphatic rings. The second kappa shape index (κ2) is 6.05. The van der Waals surface area contributed by atoms with Gasteiger partial charge in [-0.15, -0.1) is 0 Å². The third-order valence-electron chi connectivity index (χ3n) is 4.24. The molecule has 0 radical (unpaired) electrons. The second-order valence-corrected chi connectivity index (χ2v) is 7.03. The van der Waals surface area contributed by atoms with Gasteiger partial charge in [-0.3, -0.25) is 4.79 Å². The van der Waals surface area contributed by atoms with Gasteiger partial charge in [0.1, 0.15) is 0 Å². The Morgan fingerprint density at radius 3 is 2.48 bits per heavy atom. The molecule has 2 rings (SSSR count). The van der Waals surface area contributed by atoms with E-state index in [0.29, 0.717) is 0 Å². The van der Waals surface area contributed by atoms with Crippen LogP contribution < -0.4 is 5.43 Å². The van der Waals surface area contributed by atoms with Crippen LogP contribution in [0.15, 0.2) is 23.0 Å². The molecule has 0 saturated carbocycles. The number of aromatic nitrogens is 1. The van der Waals surface area contributed by atoms with Crippen molar-refractivity contribution in [1.29, 1.82) is 0 Å². The summed E-state index contributed by atoms with van der Waals surface area (Å²) < 4.78 is 0. The highest BCUT2D eigenvalue weighted by Crippen LogP contribution is 2.25. The highest BCUT2D eigenvalue weighted by atomic mass is 16.1. The van der Waals surface area contributed by atoms with E-state index in [1.54, 1.807) is 0 Å². The third kappa shape index (κ3) is 3.37. The largest absolute Gasteiger partial charge is 0.358 e. The van der Waals surface area contributed by atoms with Gasteiger partial charge in [0.15, 0.2) is 5.43 Å². The minimum absolute atomic E-state index is 0.0638. The molecule has 0 fully saturated rings. The number of hydrogen-bond donors (Lipinski definition) is 1. The Morgan fingerprint density at radius 2 is 1.86 bits per heavy atom. The van der Waals surface area contributed by atoms with Crippen LogP contribution in [0.3, 0.4) is 0 Å². The molecule has 0 bridgehead atoms. The summed E-state index contributed by atoms with van der Waals surface area (Å²) in [7, 11) is 0. The van der Waals surface area contributed by atoms with Crippen molar-refractivity contribution in [3.8, 4) is 0 Å². The van der Waals surface area contributed by atoms with Crippen LogP contribution in [0, 0.1) is 6.92 Å². The van der Waals surface area contributed by atoms with Crippen LogP contribution in [0.2, 0.25) is 0 Å². The molecule has 114 valence electrons. The topological polar surface area (TPSA) is 32.9 Å². The Hall–Kier alpha value is -1.57. The molecule has 1 heterocycles. The van der Waals surface area contributed by atoms with Gasteiger partial charge in [-0.2, -0.15) is 0 Å².